The second kappa shape index (κ2) is 5.03. The third-order valence-corrected chi connectivity index (χ3v) is 6.60. The third-order valence-electron chi connectivity index (χ3n) is 3.32. The highest BCUT2D eigenvalue weighted by atomic mass is 32.2. The zero-order valence-electron chi connectivity index (χ0n) is 10.2. The predicted octanol–water partition coefficient (Wildman–Crippen LogP) is 1.37. The van der Waals surface area contributed by atoms with Gasteiger partial charge >= 0.3 is 0 Å². The lowest BCUT2D eigenvalue weighted by Crippen LogP contribution is -2.38. The second-order valence-electron chi connectivity index (χ2n) is 4.44. The van der Waals surface area contributed by atoms with Crippen molar-refractivity contribution >= 4 is 21.4 Å². The molecule has 6 nitrogen and oxygen atoms in total. The topological polar surface area (TPSA) is 68.1 Å². The van der Waals surface area contributed by atoms with Gasteiger partial charge in [-0.3, -0.25) is 0 Å². The summed E-state index contributed by atoms with van der Waals surface area (Å²) in [5, 5.41) is 5.90. The molecular formula is C11H14N4O2S2. The number of hydrogen-bond acceptors (Lipinski definition) is 5. The average Bonchev–Trinajstić information content (AvgIpc) is 3.12. The molecule has 8 heteroatoms. The molecule has 0 saturated carbocycles. The van der Waals surface area contributed by atoms with E-state index in [0.29, 0.717) is 17.3 Å². The Hall–Kier alpha value is -1.25. The van der Waals surface area contributed by atoms with E-state index in [-0.39, 0.29) is 6.04 Å². The van der Waals surface area contributed by atoms with Crippen molar-refractivity contribution in [2.24, 2.45) is 0 Å². The lowest BCUT2D eigenvalue weighted by molar-refractivity contribution is 0.261. The first kappa shape index (κ1) is 12.8. The molecule has 102 valence electrons. The van der Waals surface area contributed by atoms with Gasteiger partial charge < -0.3 is 0 Å². The van der Waals surface area contributed by atoms with Crippen molar-refractivity contribution in [3.05, 3.63) is 30.2 Å². The Bertz CT molecular complexity index is 614. The fourth-order valence-corrected chi connectivity index (χ4v) is 4.90. The Morgan fingerprint density at radius 3 is 2.68 bits per heavy atom. The molecule has 19 heavy (non-hydrogen) atoms. The van der Waals surface area contributed by atoms with Crippen LogP contribution in [0, 0.1) is 0 Å². The van der Waals surface area contributed by atoms with E-state index in [1.807, 2.05) is 4.68 Å². The lowest BCUT2D eigenvalue weighted by atomic mass is 10.1. The van der Waals surface area contributed by atoms with Crippen LogP contribution in [0.4, 0.5) is 0 Å². The minimum Gasteiger partial charge on any atom is -0.250 e. The van der Waals surface area contributed by atoms with Gasteiger partial charge in [0.2, 0.25) is 0 Å². The number of piperidine rings is 1. The maximum atomic E-state index is 12.3. The van der Waals surface area contributed by atoms with Gasteiger partial charge in [0.25, 0.3) is 10.0 Å². The number of sulfonamides is 1. The van der Waals surface area contributed by atoms with Gasteiger partial charge in [0, 0.05) is 13.1 Å². The van der Waals surface area contributed by atoms with E-state index in [1.165, 1.54) is 17.7 Å². The summed E-state index contributed by atoms with van der Waals surface area (Å²) in [5.41, 5.74) is 0. The molecule has 1 aliphatic rings. The molecule has 0 amide bonds. The van der Waals surface area contributed by atoms with E-state index >= 15 is 0 Å². The van der Waals surface area contributed by atoms with Crippen LogP contribution in [0.2, 0.25) is 0 Å². The zero-order chi connectivity index (χ0) is 13.3. The first-order chi connectivity index (χ1) is 9.18. The molecule has 2 aromatic heterocycles. The molecule has 0 spiro atoms. The van der Waals surface area contributed by atoms with E-state index in [9.17, 15) is 8.42 Å². The van der Waals surface area contributed by atoms with E-state index in [2.05, 4.69) is 10.1 Å². The van der Waals surface area contributed by atoms with Gasteiger partial charge in [-0.15, -0.1) is 11.3 Å². The van der Waals surface area contributed by atoms with Gasteiger partial charge in [-0.2, -0.15) is 9.40 Å². The third kappa shape index (κ3) is 2.43. The van der Waals surface area contributed by atoms with Crippen molar-refractivity contribution in [3.8, 4) is 0 Å². The molecule has 1 saturated heterocycles. The van der Waals surface area contributed by atoms with Crippen LogP contribution in [-0.2, 0) is 10.0 Å². The van der Waals surface area contributed by atoms with Crippen LogP contribution < -0.4 is 0 Å². The van der Waals surface area contributed by atoms with E-state index in [0.717, 1.165) is 12.8 Å². The minimum absolute atomic E-state index is 0.247. The second-order valence-corrected chi connectivity index (χ2v) is 7.56. The van der Waals surface area contributed by atoms with Crippen molar-refractivity contribution in [2.75, 3.05) is 13.1 Å². The molecule has 0 aliphatic carbocycles. The van der Waals surface area contributed by atoms with Crippen LogP contribution in [0.1, 0.15) is 18.9 Å². The van der Waals surface area contributed by atoms with Crippen LogP contribution in [0.3, 0.4) is 0 Å². The summed E-state index contributed by atoms with van der Waals surface area (Å²) in [6.45, 7) is 1.07. The Labute approximate surface area is 115 Å². The number of hydrogen-bond donors (Lipinski definition) is 0. The van der Waals surface area contributed by atoms with Gasteiger partial charge in [0.1, 0.15) is 16.9 Å². The van der Waals surface area contributed by atoms with Crippen LogP contribution in [0.15, 0.2) is 34.4 Å². The largest absolute Gasteiger partial charge is 0.252 e. The van der Waals surface area contributed by atoms with Gasteiger partial charge in [0.15, 0.2) is 0 Å². The van der Waals surface area contributed by atoms with Crippen LogP contribution in [0.5, 0.6) is 0 Å². The highest BCUT2D eigenvalue weighted by molar-refractivity contribution is 7.91. The Kier molecular flexibility index (Phi) is 3.38. The summed E-state index contributed by atoms with van der Waals surface area (Å²) >= 11 is 1.26. The minimum atomic E-state index is -3.30. The Balaban J connectivity index is 1.71. The molecule has 3 heterocycles. The van der Waals surface area contributed by atoms with Crippen molar-refractivity contribution in [3.63, 3.8) is 0 Å². The van der Waals surface area contributed by atoms with Crippen molar-refractivity contribution in [2.45, 2.75) is 23.1 Å². The summed E-state index contributed by atoms with van der Waals surface area (Å²) < 4.78 is 28.5. The molecule has 0 radical (unpaired) electrons. The lowest BCUT2D eigenvalue weighted by Gasteiger charge is -2.30. The molecule has 0 atom stereocenters. The highest BCUT2D eigenvalue weighted by Crippen LogP contribution is 2.27. The number of nitrogens with zero attached hydrogens (tertiary/aromatic N) is 4. The maximum Gasteiger partial charge on any atom is 0.252 e. The predicted molar refractivity (Wildman–Crippen MR) is 71.4 cm³/mol. The Morgan fingerprint density at radius 2 is 2.11 bits per heavy atom. The van der Waals surface area contributed by atoms with Crippen molar-refractivity contribution in [1.82, 2.24) is 19.1 Å². The van der Waals surface area contributed by atoms with Crippen molar-refractivity contribution in [1.29, 1.82) is 0 Å². The molecular weight excluding hydrogens is 284 g/mol. The molecule has 0 N–H and O–H groups in total. The molecule has 0 bridgehead atoms. The SMILES string of the molecule is O=S(=O)(c1cccs1)N1CCC(n2cncn2)CC1. The summed E-state index contributed by atoms with van der Waals surface area (Å²) in [5.74, 6) is 0. The standard InChI is InChI=1S/C11H14N4O2S2/c16-19(17,11-2-1-7-18-11)14-5-3-10(4-6-14)15-9-12-8-13-15/h1-2,7-10H,3-6H2. The molecule has 0 aromatic carbocycles. The van der Waals surface area contributed by atoms with Gasteiger partial charge in [-0.05, 0) is 24.3 Å². The van der Waals surface area contributed by atoms with Crippen molar-refractivity contribution < 1.29 is 8.42 Å². The first-order valence-electron chi connectivity index (χ1n) is 6.06. The summed E-state index contributed by atoms with van der Waals surface area (Å²) in [6, 6.07) is 3.67. The molecule has 0 unspecified atom stereocenters. The Morgan fingerprint density at radius 1 is 1.32 bits per heavy atom. The fourth-order valence-electron chi connectivity index (χ4n) is 2.29. The number of aromatic nitrogens is 3. The maximum absolute atomic E-state index is 12.3. The number of rotatable bonds is 3. The quantitative estimate of drug-likeness (QED) is 0.858. The normalized spacial score (nSPS) is 18.7. The average molecular weight is 298 g/mol. The molecule has 1 aliphatic heterocycles. The molecule has 1 fully saturated rings. The van der Waals surface area contributed by atoms with E-state index < -0.39 is 10.0 Å². The summed E-state index contributed by atoms with van der Waals surface area (Å²) in [7, 11) is -3.30. The molecule has 2 aromatic rings. The monoisotopic (exact) mass is 298 g/mol. The highest BCUT2D eigenvalue weighted by Gasteiger charge is 2.30. The summed E-state index contributed by atoms with van der Waals surface area (Å²) in [4.78, 5) is 3.93. The summed E-state index contributed by atoms with van der Waals surface area (Å²) in [6.07, 6.45) is 4.74. The van der Waals surface area contributed by atoms with Crippen LogP contribution in [0.25, 0.3) is 0 Å². The molecule has 3 rings (SSSR count). The fraction of sp³-hybridized carbons (Fsp3) is 0.455. The van der Waals surface area contributed by atoms with Crippen LogP contribution >= 0.6 is 11.3 Å². The van der Waals surface area contributed by atoms with Gasteiger partial charge in [0.05, 0.1) is 6.04 Å². The van der Waals surface area contributed by atoms with E-state index in [4.69, 9.17) is 0 Å². The van der Waals surface area contributed by atoms with Gasteiger partial charge in [-0.1, -0.05) is 6.07 Å². The number of thiophene rings is 1. The zero-order valence-corrected chi connectivity index (χ0v) is 11.8. The smallest absolute Gasteiger partial charge is 0.250 e. The first-order valence-corrected chi connectivity index (χ1v) is 8.37. The van der Waals surface area contributed by atoms with Gasteiger partial charge in [-0.25, -0.2) is 18.1 Å². The van der Waals surface area contributed by atoms with Crippen LogP contribution in [-0.4, -0.2) is 40.6 Å². The van der Waals surface area contributed by atoms with E-state index in [1.54, 1.807) is 28.1 Å².